The zero-order chi connectivity index (χ0) is 25.1. The van der Waals surface area contributed by atoms with E-state index in [1.807, 2.05) is 38.1 Å². The highest BCUT2D eigenvalue weighted by Gasteiger charge is 2.35. The molecule has 1 aromatic heterocycles. The molecule has 2 amide bonds. The fraction of sp³-hybridized carbons (Fsp3) is 0.519. The first-order valence-corrected chi connectivity index (χ1v) is 12.3. The number of fused-ring (bicyclic) bond motifs is 1. The lowest BCUT2D eigenvalue weighted by molar-refractivity contribution is -0.131. The normalized spacial score (nSPS) is 20.8. The van der Waals surface area contributed by atoms with Crippen molar-refractivity contribution in [2.75, 3.05) is 33.9 Å². The second-order valence-electron chi connectivity index (χ2n) is 9.82. The fourth-order valence-electron chi connectivity index (χ4n) is 4.45. The molecule has 8 heteroatoms. The Balaban J connectivity index is 1.68. The van der Waals surface area contributed by atoms with Gasteiger partial charge in [0.25, 0.3) is 5.91 Å². The molecule has 1 aromatic carbocycles. The van der Waals surface area contributed by atoms with E-state index in [-0.39, 0.29) is 42.4 Å². The Morgan fingerprint density at radius 3 is 2.74 bits per heavy atom. The Bertz CT molecular complexity index is 1070. The van der Waals surface area contributed by atoms with Crippen molar-refractivity contribution in [1.29, 1.82) is 0 Å². The summed E-state index contributed by atoms with van der Waals surface area (Å²) in [5.74, 6) is 1.22. The Labute approximate surface area is 206 Å². The fourth-order valence-corrected chi connectivity index (χ4v) is 4.45. The third-order valence-corrected chi connectivity index (χ3v) is 6.98. The van der Waals surface area contributed by atoms with Crippen LogP contribution in [0.5, 0.6) is 11.6 Å². The molecule has 1 fully saturated rings. The first-order valence-electron chi connectivity index (χ1n) is 12.3. The van der Waals surface area contributed by atoms with Crippen molar-refractivity contribution in [1.82, 2.24) is 14.8 Å². The van der Waals surface area contributed by atoms with Crippen LogP contribution < -0.4 is 9.47 Å². The molecule has 2 heterocycles. The molecule has 4 rings (SSSR count). The van der Waals surface area contributed by atoms with Crippen molar-refractivity contribution in [2.45, 2.75) is 45.3 Å². The summed E-state index contributed by atoms with van der Waals surface area (Å²) in [5, 5.41) is 9.87. The Kier molecular flexibility index (Phi) is 7.60. The summed E-state index contributed by atoms with van der Waals surface area (Å²) in [6.07, 6.45) is 4.14. The zero-order valence-electron chi connectivity index (χ0n) is 20.9. The lowest BCUT2D eigenvalue weighted by atomic mass is 9.99. The molecule has 8 nitrogen and oxygen atoms in total. The van der Waals surface area contributed by atoms with Crippen molar-refractivity contribution in [3.63, 3.8) is 0 Å². The lowest BCUT2D eigenvalue weighted by Crippen LogP contribution is -2.50. The van der Waals surface area contributed by atoms with Gasteiger partial charge in [0.2, 0.25) is 11.8 Å². The van der Waals surface area contributed by atoms with E-state index in [0.29, 0.717) is 36.7 Å². The Hall–Kier alpha value is -3.13. The van der Waals surface area contributed by atoms with Gasteiger partial charge in [-0.15, -0.1) is 0 Å². The maximum atomic E-state index is 13.6. The summed E-state index contributed by atoms with van der Waals surface area (Å²) in [5.41, 5.74) is 1.88. The smallest absolute Gasteiger partial charge is 0.259 e. The van der Waals surface area contributed by atoms with Crippen molar-refractivity contribution >= 4 is 11.8 Å². The van der Waals surface area contributed by atoms with E-state index in [1.165, 1.54) is 0 Å². The number of hydrogen-bond acceptors (Lipinski definition) is 6. The molecule has 0 saturated heterocycles. The molecule has 35 heavy (non-hydrogen) atoms. The Morgan fingerprint density at radius 1 is 1.31 bits per heavy atom. The molecule has 0 bridgehead atoms. The van der Waals surface area contributed by atoms with Crippen molar-refractivity contribution < 1.29 is 24.2 Å². The van der Waals surface area contributed by atoms with Crippen LogP contribution in [-0.4, -0.2) is 77.7 Å². The molecule has 1 aliphatic carbocycles. The molecule has 0 unspecified atom stereocenters. The van der Waals surface area contributed by atoms with Gasteiger partial charge in [-0.05, 0) is 37.8 Å². The average molecular weight is 482 g/mol. The van der Waals surface area contributed by atoms with E-state index in [4.69, 9.17) is 9.47 Å². The standard InChI is InChI=1S/C27H35N3O5/c1-17-14-30(18(2)16-31)27(33)22-12-20(21-7-5-6-8-23(21)34-4)13-28-26(22)35-24(17)15-29(3)25(32)11-19-9-10-19/h5-8,12-13,17-19,24,31H,9-11,14-16H2,1-4H3/t17-,18+,24-/m0/s1. The van der Waals surface area contributed by atoms with Gasteiger partial charge in [-0.2, -0.15) is 0 Å². The molecule has 0 radical (unpaired) electrons. The Morgan fingerprint density at radius 2 is 2.06 bits per heavy atom. The van der Waals surface area contributed by atoms with E-state index in [9.17, 15) is 14.7 Å². The minimum atomic E-state index is -0.374. The maximum Gasteiger partial charge on any atom is 0.259 e. The number of aliphatic hydroxyl groups excluding tert-OH is 1. The number of pyridine rings is 1. The number of amides is 2. The van der Waals surface area contributed by atoms with Gasteiger partial charge in [-0.3, -0.25) is 9.59 Å². The highest BCUT2D eigenvalue weighted by Crippen LogP contribution is 2.35. The summed E-state index contributed by atoms with van der Waals surface area (Å²) >= 11 is 0. The van der Waals surface area contributed by atoms with Gasteiger partial charge in [-0.1, -0.05) is 25.1 Å². The summed E-state index contributed by atoms with van der Waals surface area (Å²) in [6, 6.07) is 8.95. The van der Waals surface area contributed by atoms with Crippen LogP contribution in [0.15, 0.2) is 36.5 Å². The number of aliphatic hydroxyl groups is 1. The SMILES string of the molecule is COc1ccccc1-c1cnc2c(c1)C(=O)N([C@H](C)CO)C[C@H](C)[C@H](CN(C)C(=O)CC1CC1)O2. The largest absolute Gasteiger partial charge is 0.496 e. The number of carbonyl (C=O) groups excluding carboxylic acids is 2. The third kappa shape index (κ3) is 5.59. The number of benzene rings is 1. The number of rotatable bonds is 8. The number of aromatic nitrogens is 1. The first kappa shape index (κ1) is 25.0. The molecule has 1 saturated carbocycles. The van der Waals surface area contributed by atoms with Crippen LogP contribution in [0.4, 0.5) is 0 Å². The number of para-hydroxylation sites is 1. The van der Waals surface area contributed by atoms with Crippen LogP contribution in [0, 0.1) is 11.8 Å². The molecule has 188 valence electrons. The number of carbonyl (C=O) groups is 2. The molecule has 0 spiro atoms. The van der Waals surface area contributed by atoms with Gasteiger partial charge in [0.05, 0.1) is 26.3 Å². The third-order valence-electron chi connectivity index (χ3n) is 6.98. The van der Waals surface area contributed by atoms with E-state index in [1.54, 1.807) is 36.2 Å². The second kappa shape index (κ2) is 10.6. The number of hydrogen-bond donors (Lipinski definition) is 1. The van der Waals surface area contributed by atoms with Gasteiger partial charge >= 0.3 is 0 Å². The van der Waals surface area contributed by atoms with Crippen LogP contribution in [0.3, 0.4) is 0 Å². The monoisotopic (exact) mass is 481 g/mol. The molecular weight excluding hydrogens is 446 g/mol. The van der Waals surface area contributed by atoms with E-state index >= 15 is 0 Å². The van der Waals surface area contributed by atoms with Crippen LogP contribution in [-0.2, 0) is 4.79 Å². The topological polar surface area (TPSA) is 92.2 Å². The second-order valence-corrected chi connectivity index (χ2v) is 9.82. The zero-order valence-corrected chi connectivity index (χ0v) is 20.9. The van der Waals surface area contributed by atoms with Gasteiger partial charge in [0, 0.05) is 43.3 Å². The highest BCUT2D eigenvalue weighted by atomic mass is 16.5. The van der Waals surface area contributed by atoms with E-state index in [2.05, 4.69) is 4.98 Å². The minimum absolute atomic E-state index is 0.0760. The van der Waals surface area contributed by atoms with Crippen LogP contribution in [0.1, 0.15) is 43.5 Å². The van der Waals surface area contributed by atoms with Gasteiger partial charge in [-0.25, -0.2) is 4.98 Å². The van der Waals surface area contributed by atoms with E-state index < -0.39 is 0 Å². The molecule has 1 N–H and O–H groups in total. The van der Waals surface area contributed by atoms with Crippen LogP contribution in [0.2, 0.25) is 0 Å². The molecule has 2 aromatic rings. The number of ether oxygens (including phenoxy) is 2. The van der Waals surface area contributed by atoms with Crippen LogP contribution >= 0.6 is 0 Å². The summed E-state index contributed by atoms with van der Waals surface area (Å²) in [7, 11) is 3.41. The number of nitrogens with zero attached hydrogens (tertiary/aromatic N) is 3. The average Bonchev–Trinajstić information content (AvgIpc) is 3.69. The molecule has 2 aliphatic rings. The molecule has 1 aliphatic heterocycles. The maximum absolute atomic E-state index is 13.6. The van der Waals surface area contributed by atoms with Crippen LogP contribution in [0.25, 0.3) is 11.1 Å². The van der Waals surface area contributed by atoms with Gasteiger partial charge in [0.15, 0.2) is 0 Å². The number of methoxy groups -OCH3 is 1. The summed E-state index contributed by atoms with van der Waals surface area (Å²) in [4.78, 5) is 34.2. The molecule has 3 atom stereocenters. The predicted molar refractivity (Wildman–Crippen MR) is 132 cm³/mol. The minimum Gasteiger partial charge on any atom is -0.496 e. The first-order chi connectivity index (χ1) is 16.8. The van der Waals surface area contributed by atoms with E-state index in [0.717, 1.165) is 24.0 Å². The molecular formula is C27H35N3O5. The summed E-state index contributed by atoms with van der Waals surface area (Å²) in [6.45, 7) is 4.47. The van der Waals surface area contributed by atoms with Gasteiger partial charge in [0.1, 0.15) is 17.4 Å². The van der Waals surface area contributed by atoms with Gasteiger partial charge < -0.3 is 24.4 Å². The van der Waals surface area contributed by atoms with Crippen molar-refractivity contribution in [3.8, 4) is 22.8 Å². The summed E-state index contributed by atoms with van der Waals surface area (Å²) < 4.78 is 11.8. The number of likely N-dealkylation sites (N-methyl/N-ethyl adjacent to an activating group) is 1. The lowest BCUT2D eigenvalue weighted by Gasteiger charge is -2.37. The quantitative estimate of drug-likeness (QED) is 0.622. The predicted octanol–water partition coefficient (Wildman–Crippen LogP) is 3.24. The van der Waals surface area contributed by atoms with Crippen molar-refractivity contribution in [3.05, 3.63) is 42.1 Å². The van der Waals surface area contributed by atoms with Crippen molar-refractivity contribution in [2.24, 2.45) is 11.8 Å². The highest BCUT2D eigenvalue weighted by molar-refractivity contribution is 5.98.